The van der Waals surface area contributed by atoms with Crippen molar-refractivity contribution >= 4 is 39.4 Å². The van der Waals surface area contributed by atoms with Crippen molar-refractivity contribution in [3.63, 3.8) is 0 Å². The van der Waals surface area contributed by atoms with Crippen LogP contribution in [0.15, 0.2) is 83.5 Å². The molecule has 2 amide bonds. The Morgan fingerprint density at radius 2 is 2.06 bits per heavy atom. The number of carbonyl (C=O) groups excluding carboxylic acids is 1. The minimum Gasteiger partial charge on any atom is -0.464 e. The van der Waals surface area contributed by atoms with Crippen LogP contribution in [-0.4, -0.2) is 48.6 Å². The number of hydrogen-bond donors (Lipinski definition) is 0. The van der Waals surface area contributed by atoms with Gasteiger partial charge in [0.2, 0.25) is 11.8 Å². The Bertz CT molecular complexity index is 1290. The van der Waals surface area contributed by atoms with Gasteiger partial charge in [-0.1, -0.05) is 24.3 Å². The van der Waals surface area contributed by atoms with Gasteiger partial charge < -0.3 is 14.4 Å². The highest BCUT2D eigenvalue weighted by Crippen LogP contribution is 2.36. The molecule has 0 N–H and O–H groups in total. The summed E-state index contributed by atoms with van der Waals surface area (Å²) in [7, 11) is 5.85. The average molecular weight is 551 g/mol. The number of nitrogens with zero attached hydrogens (tertiary/aromatic N) is 6. The zero-order valence-electron chi connectivity index (χ0n) is 20.3. The molecule has 0 fully saturated rings. The third kappa shape index (κ3) is 4.74. The molecule has 186 valence electrons. The molecule has 3 heterocycles. The summed E-state index contributed by atoms with van der Waals surface area (Å²) >= 11 is 3.55. The SMILES string of the molecule is CN(C)CC1C=CC=C(N(C2=COC=CO2)c2ncc3c(n2)N(C)C(=O)N(c2ccccc2Br)C3)C1. The first-order chi connectivity index (χ1) is 17.4. The van der Waals surface area contributed by atoms with E-state index in [-0.39, 0.29) is 6.03 Å². The first-order valence-corrected chi connectivity index (χ1v) is 12.4. The van der Waals surface area contributed by atoms with Crippen molar-refractivity contribution in [3.05, 3.63) is 89.1 Å². The van der Waals surface area contributed by atoms with Crippen LogP contribution < -0.4 is 14.7 Å². The summed E-state index contributed by atoms with van der Waals surface area (Å²) in [4.78, 5) is 30.1. The largest absolute Gasteiger partial charge is 0.464 e. The summed E-state index contributed by atoms with van der Waals surface area (Å²) in [6, 6.07) is 7.48. The first-order valence-electron chi connectivity index (χ1n) is 11.6. The quantitative estimate of drug-likeness (QED) is 0.503. The maximum atomic E-state index is 13.3. The lowest BCUT2D eigenvalue weighted by molar-refractivity contribution is 0.249. The molecule has 9 nitrogen and oxygen atoms in total. The number of hydrogen-bond acceptors (Lipinski definition) is 7. The summed E-state index contributed by atoms with van der Waals surface area (Å²) in [6.07, 6.45) is 13.3. The zero-order valence-corrected chi connectivity index (χ0v) is 21.9. The second-order valence-corrected chi connectivity index (χ2v) is 9.84. The van der Waals surface area contributed by atoms with E-state index in [9.17, 15) is 4.79 Å². The van der Waals surface area contributed by atoms with E-state index >= 15 is 0 Å². The Kier molecular flexibility index (Phi) is 6.80. The van der Waals surface area contributed by atoms with Crippen molar-refractivity contribution in [2.75, 3.05) is 42.4 Å². The Hall–Kier alpha value is -3.63. The van der Waals surface area contributed by atoms with Crippen LogP contribution in [0.2, 0.25) is 0 Å². The fraction of sp³-hybridized carbons (Fsp3) is 0.269. The number of aromatic nitrogens is 2. The van der Waals surface area contributed by atoms with E-state index in [0.29, 0.717) is 30.1 Å². The number of allylic oxidation sites excluding steroid dienone is 3. The molecule has 0 bridgehead atoms. The van der Waals surface area contributed by atoms with Crippen LogP contribution in [0.4, 0.5) is 22.2 Å². The highest BCUT2D eigenvalue weighted by molar-refractivity contribution is 9.10. The molecule has 2 aromatic rings. The van der Waals surface area contributed by atoms with Crippen LogP contribution in [0, 0.1) is 5.92 Å². The van der Waals surface area contributed by atoms with Crippen LogP contribution in [-0.2, 0) is 16.0 Å². The van der Waals surface area contributed by atoms with Gasteiger partial charge in [0, 0.05) is 35.5 Å². The normalized spacial score (nSPS) is 18.9. The number of amides is 2. The Morgan fingerprint density at radius 1 is 1.22 bits per heavy atom. The van der Waals surface area contributed by atoms with E-state index < -0.39 is 0 Å². The van der Waals surface area contributed by atoms with Crippen molar-refractivity contribution < 1.29 is 14.3 Å². The smallest absolute Gasteiger partial charge is 0.330 e. The standard InChI is InChI=1S/C26H27BrN6O3/c1-30(2)15-18-7-6-8-20(13-18)33(23-17-35-11-12-36-23)25-28-14-19-16-32(22-10-5-4-9-21(22)27)26(34)31(3)24(19)29-25/h4-12,14,17-18H,13,15-16H2,1-3H3. The zero-order chi connectivity index (χ0) is 25.2. The Labute approximate surface area is 218 Å². The number of benzene rings is 1. The molecule has 1 atom stereocenters. The van der Waals surface area contributed by atoms with Crippen molar-refractivity contribution in [1.82, 2.24) is 14.9 Å². The lowest BCUT2D eigenvalue weighted by Gasteiger charge is -2.35. The number of carbonyl (C=O) groups is 1. The van der Waals surface area contributed by atoms with Gasteiger partial charge in [-0.2, -0.15) is 4.98 Å². The number of ether oxygens (including phenoxy) is 2. The molecule has 36 heavy (non-hydrogen) atoms. The van der Waals surface area contributed by atoms with Gasteiger partial charge in [0.1, 0.15) is 18.3 Å². The minimum atomic E-state index is -0.170. The first kappa shape index (κ1) is 24.1. The molecule has 1 aromatic heterocycles. The highest BCUT2D eigenvalue weighted by Gasteiger charge is 2.33. The molecule has 0 saturated carbocycles. The summed E-state index contributed by atoms with van der Waals surface area (Å²) < 4.78 is 12.0. The van der Waals surface area contributed by atoms with Gasteiger partial charge in [-0.15, -0.1) is 0 Å². The predicted octanol–water partition coefficient (Wildman–Crippen LogP) is 4.96. The number of anilines is 3. The maximum Gasteiger partial charge on any atom is 0.330 e. The van der Waals surface area contributed by atoms with Gasteiger partial charge in [-0.3, -0.25) is 9.80 Å². The van der Waals surface area contributed by atoms with Crippen LogP contribution in [0.1, 0.15) is 12.0 Å². The molecular weight excluding hydrogens is 524 g/mol. The number of fused-ring (bicyclic) bond motifs is 1. The topological polar surface area (TPSA) is 74.3 Å². The fourth-order valence-corrected chi connectivity index (χ4v) is 4.98. The number of para-hydroxylation sites is 1. The lowest BCUT2D eigenvalue weighted by atomic mass is 9.97. The lowest BCUT2D eigenvalue weighted by Crippen LogP contribution is -2.46. The van der Waals surface area contributed by atoms with E-state index in [1.165, 1.54) is 18.8 Å². The predicted molar refractivity (Wildman–Crippen MR) is 142 cm³/mol. The number of urea groups is 1. The van der Waals surface area contributed by atoms with Gasteiger partial charge in [0.15, 0.2) is 6.26 Å². The van der Waals surface area contributed by atoms with E-state index in [1.807, 2.05) is 41.3 Å². The van der Waals surface area contributed by atoms with Crippen LogP contribution >= 0.6 is 15.9 Å². The number of rotatable bonds is 6. The van der Waals surface area contributed by atoms with Gasteiger partial charge in [0.05, 0.1) is 12.2 Å². The van der Waals surface area contributed by atoms with Gasteiger partial charge in [-0.05, 0) is 60.6 Å². The molecule has 5 rings (SSSR count). The van der Waals surface area contributed by atoms with Crippen molar-refractivity contribution in [1.29, 1.82) is 0 Å². The summed E-state index contributed by atoms with van der Waals surface area (Å²) in [6.45, 7) is 1.27. The van der Waals surface area contributed by atoms with Crippen molar-refractivity contribution in [3.8, 4) is 0 Å². The molecule has 0 saturated heterocycles. The van der Waals surface area contributed by atoms with Crippen LogP contribution in [0.25, 0.3) is 0 Å². The van der Waals surface area contributed by atoms with E-state index in [0.717, 1.165) is 34.4 Å². The average Bonchev–Trinajstić information content (AvgIpc) is 2.88. The fourth-order valence-electron chi connectivity index (χ4n) is 4.48. The van der Waals surface area contributed by atoms with E-state index in [2.05, 4.69) is 41.0 Å². The summed E-state index contributed by atoms with van der Waals surface area (Å²) in [5.74, 6) is 1.73. The Morgan fingerprint density at radius 3 is 2.81 bits per heavy atom. The third-order valence-electron chi connectivity index (χ3n) is 6.08. The third-order valence-corrected chi connectivity index (χ3v) is 6.75. The molecule has 10 heteroatoms. The molecule has 3 aliphatic rings. The van der Waals surface area contributed by atoms with Crippen LogP contribution in [0.3, 0.4) is 0 Å². The summed E-state index contributed by atoms with van der Waals surface area (Å²) in [5.41, 5.74) is 2.60. The molecule has 1 aromatic carbocycles. The van der Waals surface area contributed by atoms with Crippen LogP contribution in [0.5, 0.6) is 0 Å². The van der Waals surface area contributed by atoms with Gasteiger partial charge in [-0.25, -0.2) is 14.7 Å². The van der Waals surface area contributed by atoms with Gasteiger partial charge >= 0.3 is 6.03 Å². The molecule has 0 spiro atoms. The molecule has 0 radical (unpaired) electrons. The van der Waals surface area contributed by atoms with Crippen molar-refractivity contribution in [2.24, 2.45) is 5.92 Å². The number of halogens is 1. The second-order valence-electron chi connectivity index (χ2n) is 8.98. The Balaban J connectivity index is 1.50. The second kappa shape index (κ2) is 10.2. The molecular formula is C26H27BrN6O3. The molecule has 1 unspecified atom stereocenters. The monoisotopic (exact) mass is 550 g/mol. The van der Waals surface area contributed by atoms with E-state index in [1.54, 1.807) is 23.0 Å². The summed E-state index contributed by atoms with van der Waals surface area (Å²) in [5, 5.41) is 0. The van der Waals surface area contributed by atoms with Crippen molar-refractivity contribution in [2.45, 2.75) is 13.0 Å². The maximum absolute atomic E-state index is 13.3. The molecule has 1 aliphatic carbocycles. The highest BCUT2D eigenvalue weighted by atomic mass is 79.9. The van der Waals surface area contributed by atoms with E-state index in [4.69, 9.17) is 19.4 Å². The van der Waals surface area contributed by atoms with Gasteiger partial charge in [0.25, 0.3) is 0 Å². The molecule has 2 aliphatic heterocycles. The minimum absolute atomic E-state index is 0.170.